The predicted octanol–water partition coefficient (Wildman–Crippen LogP) is -0.604. The van der Waals surface area contributed by atoms with Crippen LogP contribution in [-0.4, -0.2) is 34.2 Å². The van der Waals surface area contributed by atoms with Gasteiger partial charge in [-0.3, -0.25) is 15.0 Å². The van der Waals surface area contributed by atoms with Gasteiger partial charge in [0.1, 0.15) is 5.75 Å². The smallest absolute Gasteiger partial charge is 0.870 e. The van der Waals surface area contributed by atoms with E-state index >= 15 is 0 Å². The monoisotopic (exact) mass is 663 g/mol. The molecule has 0 aliphatic rings. The largest absolute Gasteiger partial charge is 3.00 e. The van der Waals surface area contributed by atoms with E-state index in [0.717, 1.165) is 0 Å². The molecule has 0 radical (unpaired) electrons. The van der Waals surface area contributed by atoms with Gasteiger partial charge in [0.2, 0.25) is 0 Å². The van der Waals surface area contributed by atoms with Gasteiger partial charge in [0.15, 0.2) is 0 Å². The van der Waals surface area contributed by atoms with E-state index in [9.17, 15) is 10.2 Å². The van der Waals surface area contributed by atoms with E-state index < -0.39 is 16.1 Å². The minimum Gasteiger partial charge on any atom is -0.870 e. The first-order chi connectivity index (χ1) is 20.7. The van der Waals surface area contributed by atoms with E-state index in [2.05, 4.69) is 25.2 Å². The van der Waals surface area contributed by atoms with Crippen molar-refractivity contribution in [1.29, 1.82) is 0 Å². The molecule has 5 rings (SSSR count). The second kappa shape index (κ2) is 24.8. The molecule has 0 atom stereocenters. The quantitative estimate of drug-likeness (QED) is 0.135. The molecule has 0 N–H and O–H groups in total. The van der Waals surface area contributed by atoms with E-state index in [1.807, 2.05) is 54.6 Å². The van der Waals surface area contributed by atoms with Crippen LogP contribution in [0.2, 0.25) is 0 Å². The fraction of sp³-hybridized carbons (Fsp3) is 0.0333. The van der Waals surface area contributed by atoms with Crippen molar-refractivity contribution in [2.45, 2.75) is 0 Å². The summed E-state index contributed by atoms with van der Waals surface area (Å²) in [7, 11) is -3.53. The zero-order valence-corrected chi connectivity index (χ0v) is 25.0. The summed E-state index contributed by atoms with van der Waals surface area (Å²) in [6.45, 7) is 0. The Bertz CT molecular complexity index is 1260. The maximum Gasteiger partial charge on any atom is 3.00 e. The summed E-state index contributed by atoms with van der Waals surface area (Å²) in [5.41, 5.74) is 0.756. The molecule has 44 heavy (non-hydrogen) atoms. The van der Waals surface area contributed by atoms with E-state index in [0.29, 0.717) is 11.1 Å². The van der Waals surface area contributed by atoms with Gasteiger partial charge in [0, 0.05) is 43.1 Å². The molecule has 0 unspecified atom stereocenters. The van der Waals surface area contributed by atoms with Crippen molar-refractivity contribution in [3.8, 4) is 11.5 Å². The minimum atomic E-state index is -4.94. The van der Waals surface area contributed by atoms with Crippen LogP contribution in [0.1, 0.15) is 11.1 Å². The second-order valence-corrected chi connectivity index (χ2v) is 8.10. The van der Waals surface area contributed by atoms with Gasteiger partial charge in [0.05, 0.1) is 13.3 Å². The molecule has 0 aliphatic carbocycles. The summed E-state index contributed by atoms with van der Waals surface area (Å²) in [6, 6.07) is 30.5. The molecule has 5 aromatic rings. The van der Waals surface area contributed by atoms with Crippen LogP contribution < -0.4 is 33.6 Å². The zero-order chi connectivity index (χ0) is 31.6. The van der Waals surface area contributed by atoms with Crippen molar-refractivity contribution < 1.29 is 60.6 Å². The molecule has 14 heteroatoms. The van der Waals surface area contributed by atoms with Crippen molar-refractivity contribution in [3.05, 3.63) is 151 Å². The molecule has 0 amide bonds. The van der Waals surface area contributed by atoms with Crippen LogP contribution in [0.15, 0.2) is 151 Å². The first-order valence-corrected chi connectivity index (χ1v) is 13.3. The van der Waals surface area contributed by atoms with Gasteiger partial charge in [-0.1, -0.05) is 66.4 Å². The number of para-hydroxylation sites is 1. The average Bonchev–Trinajstić information content (AvgIpc) is 3.05. The average molecular weight is 664 g/mol. The molecule has 0 aliphatic heterocycles. The van der Waals surface area contributed by atoms with Gasteiger partial charge in [-0.15, -0.1) is 10.2 Å². The Balaban J connectivity index is 0.000000624. The predicted molar refractivity (Wildman–Crippen MR) is 146 cm³/mol. The van der Waals surface area contributed by atoms with E-state index in [-0.39, 0.29) is 28.3 Å². The first kappa shape index (κ1) is 39.3. The Morgan fingerprint density at radius 1 is 0.659 bits per heavy atom. The Morgan fingerprint density at radius 3 is 1.41 bits per heavy atom. The fourth-order valence-corrected chi connectivity index (χ4v) is 2.51. The molecule has 3 aromatic heterocycles. The summed E-state index contributed by atoms with van der Waals surface area (Å²) in [6.07, 6.45) is 11.7. The van der Waals surface area contributed by atoms with Crippen molar-refractivity contribution in [3.63, 3.8) is 0 Å². The molecule has 0 saturated heterocycles. The number of aromatic nitrogens is 3. The van der Waals surface area contributed by atoms with Crippen molar-refractivity contribution in [2.75, 3.05) is 7.11 Å². The fourth-order valence-electron chi connectivity index (χ4n) is 2.51. The molecule has 3 heterocycles. The van der Waals surface area contributed by atoms with E-state index in [1.54, 1.807) is 85.7 Å². The summed E-state index contributed by atoms with van der Waals surface area (Å²) >= 11 is 0. The zero-order valence-electron chi connectivity index (χ0n) is 23.2. The number of halogens is 1. The van der Waals surface area contributed by atoms with Crippen LogP contribution in [-0.2, 0) is 16.8 Å². The number of hydrogen-bond acceptors (Lipinski definition) is 12. The minimum absolute atomic E-state index is 0. The summed E-state index contributed by atoms with van der Waals surface area (Å²) in [5, 5.41) is 30.6. The summed E-state index contributed by atoms with van der Waals surface area (Å²) in [5.74, 6) is -0.526. The Morgan fingerprint density at radius 2 is 1.07 bits per heavy atom. The molecule has 2 aromatic carbocycles. The van der Waals surface area contributed by atoms with Crippen molar-refractivity contribution >= 4 is 12.1 Å². The van der Waals surface area contributed by atoms with Gasteiger partial charge in [-0.05, 0) is 53.6 Å². The maximum atomic E-state index is 11.8. The Labute approximate surface area is 267 Å². The standard InChI is InChI=1S/C15H14N2O3.3C5H5N.ClHO4.Co/c1-20-13-9-5-8-12(14(13)18)10-16-17-15(19)11-6-3-2-4-7-11;3*1-2-4-6-5-3-1;2-1(3,4)5;/h2-10,18H,1H3,(H,17,19);3*1-5H;(H,2,3,4,5);/q;;;;;+3/p-3/b16-10+;;;;;. The number of ether oxygens (including phenoxy) is 1. The second-order valence-electron chi connectivity index (χ2n) is 7.35. The molecular formula is C30H27ClCoN5O7. The third-order valence-electron chi connectivity index (χ3n) is 4.29. The normalized spacial score (nSPS) is 9.98. The Kier molecular flexibility index (Phi) is 22.2. The first-order valence-electron chi connectivity index (χ1n) is 12.1. The van der Waals surface area contributed by atoms with Gasteiger partial charge in [-0.25, -0.2) is 18.6 Å². The molecule has 12 nitrogen and oxygen atoms in total. The number of benzene rings is 2. The molecular weight excluding hydrogens is 637 g/mol. The van der Waals surface area contributed by atoms with Crippen LogP contribution in [0.4, 0.5) is 0 Å². The number of hydrogen-bond donors (Lipinski definition) is 0. The molecule has 0 fully saturated rings. The topological polar surface area (TPSA) is 211 Å². The summed E-state index contributed by atoms with van der Waals surface area (Å²) < 4.78 is 38.9. The third kappa shape index (κ3) is 21.9. The van der Waals surface area contributed by atoms with Crippen LogP contribution in [0.5, 0.6) is 11.5 Å². The van der Waals surface area contributed by atoms with Crippen LogP contribution >= 0.6 is 0 Å². The van der Waals surface area contributed by atoms with Crippen molar-refractivity contribution in [2.24, 2.45) is 10.2 Å². The van der Waals surface area contributed by atoms with E-state index in [4.69, 9.17) is 23.4 Å². The molecule has 230 valence electrons. The molecule has 0 saturated carbocycles. The molecule has 0 bridgehead atoms. The van der Waals surface area contributed by atoms with E-state index in [1.165, 1.54) is 13.3 Å². The van der Waals surface area contributed by atoms with Gasteiger partial charge < -0.3 is 14.9 Å². The van der Waals surface area contributed by atoms with Gasteiger partial charge in [0.25, 0.3) is 0 Å². The summed E-state index contributed by atoms with van der Waals surface area (Å²) in [4.78, 5) is 11.4. The number of nitrogens with zero attached hydrogens (tertiary/aromatic N) is 5. The Hall–Kier alpha value is -4.73. The molecule has 0 spiro atoms. The van der Waals surface area contributed by atoms with Crippen LogP contribution in [0.25, 0.3) is 0 Å². The number of methoxy groups -OCH3 is 1. The number of rotatable bonds is 4. The van der Waals surface area contributed by atoms with Crippen LogP contribution in [0.3, 0.4) is 0 Å². The van der Waals surface area contributed by atoms with Crippen molar-refractivity contribution in [1.82, 2.24) is 15.0 Å². The van der Waals surface area contributed by atoms with Gasteiger partial charge >= 0.3 is 16.8 Å². The number of pyridine rings is 3. The third-order valence-corrected chi connectivity index (χ3v) is 4.29. The maximum absolute atomic E-state index is 11.8. The van der Waals surface area contributed by atoms with Crippen LogP contribution in [0, 0.1) is 10.2 Å². The SMILES string of the molecule is COc1cccc(/C=N/N=C(\[O-])c2ccccc2)c1[O-].[Co+3].[O-][Cl+3]([O-])([O-])[O-].c1ccncc1.c1ccncc1.c1ccncc1. The van der Waals surface area contributed by atoms with Gasteiger partial charge in [-0.2, -0.15) is 10.2 Å².